The molecule has 0 unspecified atom stereocenters. The van der Waals surface area contributed by atoms with Crippen LogP contribution in [-0.2, 0) is 11.3 Å². The van der Waals surface area contributed by atoms with Gasteiger partial charge in [0.15, 0.2) is 23.8 Å². The van der Waals surface area contributed by atoms with Crippen LogP contribution >= 0.6 is 0 Å². The molecule has 0 bridgehead atoms. The van der Waals surface area contributed by atoms with E-state index in [9.17, 15) is 9.59 Å². The maximum Gasteiger partial charge on any atom is 0.279 e. The second kappa shape index (κ2) is 10.4. The molecule has 7 nitrogen and oxygen atoms in total. The Labute approximate surface area is 183 Å². The number of hydrogen-bond acceptors (Lipinski definition) is 4. The molecule has 3 rings (SSSR count). The molecule has 2 aromatic rings. The topological polar surface area (TPSA) is 73.5 Å². The van der Waals surface area contributed by atoms with Crippen LogP contribution in [0.2, 0.25) is 0 Å². The summed E-state index contributed by atoms with van der Waals surface area (Å²) in [6.07, 6.45) is 0. The summed E-state index contributed by atoms with van der Waals surface area (Å²) >= 11 is 0. The molecule has 31 heavy (non-hydrogen) atoms. The fourth-order valence-electron chi connectivity index (χ4n) is 4.04. The van der Waals surface area contributed by atoms with Crippen LogP contribution in [0.4, 0.5) is 5.69 Å². The maximum atomic E-state index is 12.5. The number of benzene rings is 2. The summed E-state index contributed by atoms with van der Waals surface area (Å²) in [4.78, 5) is 26.8. The molecule has 1 amide bonds. The summed E-state index contributed by atoms with van der Waals surface area (Å²) in [6.45, 7) is 8.91. The molecule has 1 heterocycles. The molecule has 0 spiro atoms. The second-order valence-electron chi connectivity index (χ2n) is 8.17. The minimum atomic E-state index is -0.0186. The van der Waals surface area contributed by atoms with Crippen molar-refractivity contribution in [2.75, 3.05) is 52.3 Å². The quantitative estimate of drug-likeness (QED) is 0.524. The summed E-state index contributed by atoms with van der Waals surface area (Å²) < 4.78 is 10.8. The number of nitrogens with one attached hydrogen (secondary N) is 3. The van der Waals surface area contributed by atoms with Crippen LogP contribution < -0.4 is 24.6 Å². The first-order valence-corrected chi connectivity index (χ1v) is 10.7. The van der Waals surface area contributed by atoms with Crippen molar-refractivity contribution in [3.63, 3.8) is 0 Å². The van der Waals surface area contributed by atoms with E-state index >= 15 is 0 Å². The van der Waals surface area contributed by atoms with Gasteiger partial charge >= 0.3 is 0 Å². The first-order valence-electron chi connectivity index (χ1n) is 10.7. The number of quaternary nitrogens is 2. The lowest BCUT2D eigenvalue weighted by atomic mass is 10.1. The second-order valence-corrected chi connectivity index (χ2v) is 8.17. The third-order valence-electron chi connectivity index (χ3n) is 5.91. The number of aryl methyl sites for hydroxylation is 1. The average Bonchev–Trinajstić information content (AvgIpc) is 2.76. The predicted molar refractivity (Wildman–Crippen MR) is 119 cm³/mol. The number of rotatable bonds is 8. The number of methoxy groups -OCH3 is 2. The van der Waals surface area contributed by atoms with E-state index in [0.29, 0.717) is 17.8 Å². The minimum Gasteiger partial charge on any atom is -0.493 e. The molecule has 0 aromatic heterocycles. The summed E-state index contributed by atoms with van der Waals surface area (Å²) in [5, 5.41) is 2.92. The molecule has 7 heteroatoms. The van der Waals surface area contributed by atoms with E-state index in [1.807, 2.05) is 12.1 Å². The van der Waals surface area contributed by atoms with Gasteiger partial charge < -0.3 is 24.6 Å². The van der Waals surface area contributed by atoms with Gasteiger partial charge in [0.1, 0.15) is 32.7 Å². The van der Waals surface area contributed by atoms with Crippen LogP contribution in [-0.4, -0.2) is 58.6 Å². The number of carbonyl (C=O) groups excluding carboxylic acids is 2. The maximum absolute atomic E-state index is 12.5. The molecule has 1 aliphatic rings. The van der Waals surface area contributed by atoms with Gasteiger partial charge in [-0.2, -0.15) is 0 Å². The van der Waals surface area contributed by atoms with Crippen molar-refractivity contribution < 1.29 is 28.9 Å². The van der Waals surface area contributed by atoms with Gasteiger partial charge in [-0.3, -0.25) is 9.59 Å². The van der Waals surface area contributed by atoms with Gasteiger partial charge in [-0.25, -0.2) is 0 Å². The fraction of sp³-hybridized carbons (Fsp3) is 0.417. The van der Waals surface area contributed by atoms with Gasteiger partial charge in [-0.1, -0.05) is 12.1 Å². The highest BCUT2D eigenvalue weighted by Gasteiger charge is 2.25. The van der Waals surface area contributed by atoms with Crippen molar-refractivity contribution >= 4 is 17.4 Å². The molecule has 166 valence electrons. The first-order chi connectivity index (χ1) is 14.9. The van der Waals surface area contributed by atoms with E-state index in [1.165, 1.54) is 27.9 Å². The number of hydrogen-bond donors (Lipinski definition) is 3. The largest absolute Gasteiger partial charge is 0.493 e. The van der Waals surface area contributed by atoms with E-state index < -0.39 is 0 Å². The van der Waals surface area contributed by atoms with Crippen LogP contribution in [0.5, 0.6) is 11.5 Å². The van der Waals surface area contributed by atoms with Crippen molar-refractivity contribution in [1.29, 1.82) is 0 Å². The van der Waals surface area contributed by atoms with Gasteiger partial charge in [0.25, 0.3) is 5.91 Å². The highest BCUT2D eigenvalue weighted by Crippen LogP contribution is 2.29. The van der Waals surface area contributed by atoms with Gasteiger partial charge in [0.2, 0.25) is 0 Å². The highest BCUT2D eigenvalue weighted by atomic mass is 16.5. The number of anilines is 1. The molecular formula is C24H33N3O4+2. The van der Waals surface area contributed by atoms with E-state index in [-0.39, 0.29) is 11.7 Å². The average molecular weight is 428 g/mol. The number of ether oxygens (including phenoxy) is 2. The fourth-order valence-corrected chi connectivity index (χ4v) is 4.04. The minimum absolute atomic E-state index is 0.00876. The van der Waals surface area contributed by atoms with Crippen LogP contribution in [0.25, 0.3) is 0 Å². The van der Waals surface area contributed by atoms with Crippen LogP contribution in [0.15, 0.2) is 36.4 Å². The Morgan fingerprint density at radius 1 is 0.968 bits per heavy atom. The predicted octanol–water partition coefficient (Wildman–Crippen LogP) is 0.137. The van der Waals surface area contributed by atoms with Crippen molar-refractivity contribution in [2.24, 2.45) is 0 Å². The molecular weight excluding hydrogens is 394 g/mol. The van der Waals surface area contributed by atoms with E-state index in [1.54, 1.807) is 32.4 Å². The zero-order valence-corrected chi connectivity index (χ0v) is 18.8. The smallest absolute Gasteiger partial charge is 0.279 e. The molecule has 0 atom stereocenters. The Balaban J connectivity index is 1.50. The van der Waals surface area contributed by atoms with Crippen molar-refractivity contribution in [3.8, 4) is 11.5 Å². The van der Waals surface area contributed by atoms with E-state index in [4.69, 9.17) is 9.47 Å². The molecule has 3 N–H and O–H groups in total. The molecule has 2 aromatic carbocycles. The van der Waals surface area contributed by atoms with E-state index in [0.717, 1.165) is 44.2 Å². The third-order valence-corrected chi connectivity index (χ3v) is 5.91. The standard InChI is InChI=1S/C24H31N3O4/c1-17-12-22(30-3)23(31-4)14-20(17)15-26-8-10-27(11-9-26)16-24(29)25-21-7-5-6-19(13-21)18(2)28/h5-7,12-14H,8-11,15-16H2,1-4H3,(H,25,29)/p+2. The number of carbonyl (C=O) groups is 2. The normalized spacial score (nSPS) is 18.3. The van der Waals surface area contributed by atoms with Crippen molar-refractivity contribution in [1.82, 2.24) is 0 Å². The Bertz CT molecular complexity index is 936. The molecule has 1 fully saturated rings. The number of Topliss-reactive ketones (excluding diaryl/α,β-unsaturated/α-hetero) is 1. The van der Waals surface area contributed by atoms with Crippen molar-refractivity contribution in [2.45, 2.75) is 20.4 Å². The lowest BCUT2D eigenvalue weighted by Crippen LogP contribution is -3.28. The number of piperazine rings is 1. The van der Waals surface area contributed by atoms with Gasteiger partial charge in [-0.05, 0) is 43.7 Å². The zero-order valence-electron chi connectivity index (χ0n) is 18.8. The summed E-state index contributed by atoms with van der Waals surface area (Å²) in [7, 11) is 3.31. The monoisotopic (exact) mass is 427 g/mol. The Kier molecular flexibility index (Phi) is 7.65. The van der Waals surface area contributed by atoms with E-state index in [2.05, 4.69) is 18.3 Å². The first kappa shape index (κ1) is 22.8. The van der Waals surface area contributed by atoms with Crippen LogP contribution in [0.1, 0.15) is 28.4 Å². The lowest BCUT2D eigenvalue weighted by molar-refractivity contribution is -1.02. The van der Waals surface area contributed by atoms with Crippen LogP contribution in [0.3, 0.4) is 0 Å². The van der Waals surface area contributed by atoms with Gasteiger partial charge in [0.05, 0.1) is 14.2 Å². The van der Waals surface area contributed by atoms with Crippen LogP contribution in [0, 0.1) is 6.92 Å². The molecule has 0 aliphatic carbocycles. The molecule has 1 saturated heterocycles. The number of amides is 1. The SMILES string of the molecule is COc1cc(C)c(C[NH+]2CC[NH+](CC(=O)Nc3cccc(C(C)=O)c3)CC2)cc1OC. The Morgan fingerprint density at radius 2 is 1.61 bits per heavy atom. The molecule has 0 saturated carbocycles. The molecule has 1 aliphatic heterocycles. The highest BCUT2D eigenvalue weighted by molar-refractivity contribution is 5.97. The summed E-state index contributed by atoms with van der Waals surface area (Å²) in [5.41, 5.74) is 3.74. The van der Waals surface area contributed by atoms with Crippen molar-refractivity contribution in [3.05, 3.63) is 53.1 Å². The summed E-state index contributed by atoms with van der Waals surface area (Å²) in [5.74, 6) is 1.49. The summed E-state index contributed by atoms with van der Waals surface area (Å²) in [6, 6.07) is 11.2. The lowest BCUT2D eigenvalue weighted by Gasteiger charge is -2.29. The van der Waals surface area contributed by atoms with Gasteiger partial charge in [-0.15, -0.1) is 0 Å². The Morgan fingerprint density at radius 3 is 2.26 bits per heavy atom. The third kappa shape index (κ3) is 6.06. The zero-order chi connectivity index (χ0) is 22.4. The molecule has 0 radical (unpaired) electrons. The van der Waals surface area contributed by atoms with Gasteiger partial charge in [0, 0.05) is 16.8 Å². The number of ketones is 1. The Hall–Kier alpha value is -2.90.